The Morgan fingerprint density at radius 1 is 0.784 bits per heavy atom. The Labute approximate surface area is 208 Å². The molecule has 0 spiro atoms. The van der Waals surface area contributed by atoms with Crippen LogP contribution in [0, 0.1) is 0 Å². The van der Waals surface area contributed by atoms with Crippen molar-refractivity contribution in [3.63, 3.8) is 0 Å². The Morgan fingerprint density at radius 3 is 1.78 bits per heavy atom. The van der Waals surface area contributed by atoms with Crippen LogP contribution in [-0.4, -0.2) is 89.9 Å². The second-order valence-electron chi connectivity index (χ2n) is 7.96. The molecule has 0 aliphatic carbocycles. The summed E-state index contributed by atoms with van der Waals surface area (Å²) in [6.07, 6.45) is 3.72. The number of H-pyrrole nitrogens is 2. The number of aromatic amines is 2. The van der Waals surface area contributed by atoms with Gasteiger partial charge in [-0.3, -0.25) is 24.0 Å². The molecular weight excluding hydrogens is 494 g/mol. The zero-order chi connectivity index (χ0) is 27.5. The molecule has 2 rings (SSSR count). The fraction of sp³-hybridized carbons (Fsp3) is 0.400. The van der Waals surface area contributed by atoms with Crippen LogP contribution in [-0.2, 0) is 41.6 Å². The maximum absolute atomic E-state index is 13.0. The molecule has 0 fully saturated rings. The highest BCUT2D eigenvalue weighted by Crippen LogP contribution is 2.04. The van der Waals surface area contributed by atoms with Crippen molar-refractivity contribution < 1.29 is 39.0 Å². The first-order valence-electron chi connectivity index (χ1n) is 10.8. The number of hydrogen-bond acceptors (Lipinski definition) is 9. The summed E-state index contributed by atoms with van der Waals surface area (Å²) < 4.78 is 0. The number of carbonyl (C=O) groups is 6. The number of aromatic nitrogens is 4. The van der Waals surface area contributed by atoms with Crippen LogP contribution in [0.5, 0.6) is 0 Å². The SMILES string of the molecule is NC(=O)CC(NC(=O)C(Cc1cnc[nH]1)NC(=O)C(CC(=O)O)NC(=O)C(N)Cc1cnc[nH]1)C(=O)O. The molecule has 0 radical (unpaired) electrons. The van der Waals surface area contributed by atoms with E-state index in [0.717, 1.165) is 0 Å². The summed E-state index contributed by atoms with van der Waals surface area (Å²) in [6.45, 7) is 0. The molecule has 0 bridgehead atoms. The maximum atomic E-state index is 13.0. The Balaban J connectivity index is 2.17. The van der Waals surface area contributed by atoms with Gasteiger partial charge in [-0.25, -0.2) is 14.8 Å². The van der Waals surface area contributed by atoms with Gasteiger partial charge in [-0.15, -0.1) is 0 Å². The number of nitrogens with zero attached hydrogens (tertiary/aromatic N) is 2. The van der Waals surface area contributed by atoms with E-state index in [1.807, 2.05) is 0 Å². The first-order valence-corrected chi connectivity index (χ1v) is 10.8. The molecule has 2 aromatic heterocycles. The minimum absolute atomic E-state index is 0.0224. The Bertz CT molecular complexity index is 1100. The number of carbonyl (C=O) groups excluding carboxylic acids is 4. The normalized spacial score (nSPS) is 14.0. The second-order valence-corrected chi connectivity index (χ2v) is 7.96. The van der Waals surface area contributed by atoms with E-state index in [-0.39, 0.29) is 12.8 Å². The monoisotopic (exact) mass is 521 g/mol. The van der Waals surface area contributed by atoms with Gasteiger partial charge in [0.05, 0.1) is 31.5 Å². The molecule has 11 N–H and O–H groups in total. The van der Waals surface area contributed by atoms with Crippen molar-refractivity contribution in [1.82, 2.24) is 35.9 Å². The van der Waals surface area contributed by atoms with E-state index in [2.05, 4.69) is 35.9 Å². The van der Waals surface area contributed by atoms with Gasteiger partial charge in [0.25, 0.3) is 0 Å². The largest absolute Gasteiger partial charge is 0.481 e. The second kappa shape index (κ2) is 13.3. The van der Waals surface area contributed by atoms with E-state index in [4.69, 9.17) is 11.5 Å². The molecule has 4 atom stereocenters. The number of rotatable bonds is 15. The van der Waals surface area contributed by atoms with Gasteiger partial charge in [-0.2, -0.15) is 0 Å². The van der Waals surface area contributed by atoms with Crippen molar-refractivity contribution in [1.29, 1.82) is 0 Å². The summed E-state index contributed by atoms with van der Waals surface area (Å²) in [6, 6.07) is -5.91. The van der Waals surface area contributed by atoms with Crippen LogP contribution in [0.1, 0.15) is 24.2 Å². The Morgan fingerprint density at radius 2 is 1.30 bits per heavy atom. The summed E-state index contributed by atoms with van der Waals surface area (Å²) in [4.78, 5) is 85.3. The van der Waals surface area contributed by atoms with Crippen LogP contribution >= 0.6 is 0 Å². The highest BCUT2D eigenvalue weighted by atomic mass is 16.4. The predicted octanol–water partition coefficient (Wildman–Crippen LogP) is -3.87. The third kappa shape index (κ3) is 9.40. The lowest BCUT2D eigenvalue weighted by atomic mass is 10.1. The van der Waals surface area contributed by atoms with Crippen LogP contribution in [0.2, 0.25) is 0 Å². The molecule has 17 nitrogen and oxygen atoms in total. The highest BCUT2D eigenvalue weighted by Gasteiger charge is 2.32. The fourth-order valence-corrected chi connectivity index (χ4v) is 3.16. The van der Waals surface area contributed by atoms with Gasteiger partial charge in [-0.1, -0.05) is 0 Å². The van der Waals surface area contributed by atoms with E-state index in [9.17, 15) is 39.0 Å². The van der Waals surface area contributed by atoms with Crippen molar-refractivity contribution in [3.05, 3.63) is 36.4 Å². The van der Waals surface area contributed by atoms with Gasteiger partial charge >= 0.3 is 11.9 Å². The van der Waals surface area contributed by atoms with Gasteiger partial charge in [0.1, 0.15) is 18.1 Å². The minimum atomic E-state index is -1.68. The number of nitrogens with two attached hydrogens (primary N) is 2. The van der Waals surface area contributed by atoms with E-state index in [0.29, 0.717) is 11.4 Å². The molecular formula is C20H27N9O8. The topological polar surface area (TPSA) is 288 Å². The number of amides is 4. The quantitative estimate of drug-likeness (QED) is 0.109. The molecule has 0 saturated heterocycles. The molecule has 0 aromatic carbocycles. The van der Waals surface area contributed by atoms with Gasteiger partial charge in [0.15, 0.2) is 0 Å². The third-order valence-corrected chi connectivity index (χ3v) is 4.97. The molecule has 4 unspecified atom stereocenters. The van der Waals surface area contributed by atoms with Crippen molar-refractivity contribution in [2.45, 2.75) is 49.9 Å². The average Bonchev–Trinajstić information content (AvgIpc) is 3.51. The van der Waals surface area contributed by atoms with Crippen LogP contribution in [0.15, 0.2) is 25.0 Å². The summed E-state index contributed by atoms with van der Waals surface area (Å²) in [5, 5.41) is 25.2. The van der Waals surface area contributed by atoms with Crippen molar-refractivity contribution >= 4 is 35.6 Å². The average molecular weight is 521 g/mol. The number of aliphatic carboxylic acids is 2. The number of nitrogens with one attached hydrogen (secondary N) is 5. The van der Waals surface area contributed by atoms with Gasteiger partial charge < -0.3 is 47.6 Å². The third-order valence-electron chi connectivity index (χ3n) is 4.97. The number of hydrogen-bond donors (Lipinski definition) is 9. The molecule has 4 amide bonds. The molecule has 0 saturated carbocycles. The van der Waals surface area contributed by atoms with E-state index >= 15 is 0 Å². The van der Waals surface area contributed by atoms with Crippen molar-refractivity contribution in [2.24, 2.45) is 11.5 Å². The Kier molecular flexibility index (Phi) is 10.2. The van der Waals surface area contributed by atoms with Crippen LogP contribution < -0.4 is 27.4 Å². The molecule has 200 valence electrons. The Hall–Kier alpha value is -4.80. The maximum Gasteiger partial charge on any atom is 0.326 e. The molecule has 2 heterocycles. The van der Waals surface area contributed by atoms with Crippen LogP contribution in [0.25, 0.3) is 0 Å². The van der Waals surface area contributed by atoms with E-state index in [1.165, 1.54) is 25.0 Å². The number of imidazole rings is 2. The lowest BCUT2D eigenvalue weighted by Crippen LogP contribution is -2.58. The molecule has 0 aliphatic rings. The highest BCUT2D eigenvalue weighted by molar-refractivity contribution is 5.96. The summed E-state index contributed by atoms with van der Waals surface area (Å²) in [5.41, 5.74) is 11.8. The van der Waals surface area contributed by atoms with Crippen LogP contribution in [0.3, 0.4) is 0 Å². The minimum Gasteiger partial charge on any atom is -0.481 e. The number of carboxylic acid groups (broad SMARTS) is 2. The summed E-state index contributed by atoms with van der Waals surface area (Å²) >= 11 is 0. The first kappa shape index (κ1) is 28.4. The summed E-state index contributed by atoms with van der Waals surface area (Å²) in [5.74, 6) is -6.85. The van der Waals surface area contributed by atoms with Crippen molar-refractivity contribution in [2.75, 3.05) is 0 Å². The molecule has 17 heteroatoms. The molecule has 37 heavy (non-hydrogen) atoms. The molecule has 0 aliphatic heterocycles. The van der Waals surface area contributed by atoms with E-state index < -0.39 is 72.6 Å². The summed E-state index contributed by atoms with van der Waals surface area (Å²) in [7, 11) is 0. The predicted molar refractivity (Wildman–Crippen MR) is 122 cm³/mol. The first-order chi connectivity index (χ1) is 17.5. The number of carboxylic acids is 2. The van der Waals surface area contributed by atoms with Crippen LogP contribution in [0.4, 0.5) is 0 Å². The zero-order valence-corrected chi connectivity index (χ0v) is 19.3. The van der Waals surface area contributed by atoms with E-state index in [1.54, 1.807) is 0 Å². The molecule has 2 aromatic rings. The smallest absolute Gasteiger partial charge is 0.326 e. The number of primary amides is 1. The van der Waals surface area contributed by atoms with Gasteiger partial charge in [0.2, 0.25) is 23.6 Å². The lowest BCUT2D eigenvalue weighted by Gasteiger charge is -2.24. The van der Waals surface area contributed by atoms with Gasteiger partial charge in [0, 0.05) is 36.6 Å². The fourth-order valence-electron chi connectivity index (χ4n) is 3.16. The zero-order valence-electron chi connectivity index (χ0n) is 19.3. The van der Waals surface area contributed by atoms with Gasteiger partial charge in [-0.05, 0) is 0 Å². The standard InChI is InChI=1S/C20H27N9O8/c21-11(1-9-5-23-7-25-9)17(33)27-13(4-16(31)32)19(35)28-12(2-10-6-24-8-26-10)18(34)29-14(20(36)37)3-15(22)30/h5-8,11-14H,1-4,21H2,(H2,22,30)(H,23,25)(H,24,26)(H,27,33)(H,28,35)(H,29,34)(H,31,32)(H,36,37). The lowest BCUT2D eigenvalue weighted by molar-refractivity contribution is -0.144. The van der Waals surface area contributed by atoms with Crippen molar-refractivity contribution in [3.8, 4) is 0 Å².